The lowest BCUT2D eigenvalue weighted by Gasteiger charge is -2.01. The van der Waals surface area contributed by atoms with E-state index in [-0.39, 0.29) is 6.42 Å². The van der Waals surface area contributed by atoms with Gasteiger partial charge in [-0.25, -0.2) is 0 Å². The number of halogens is 1. The van der Waals surface area contributed by atoms with E-state index in [1.165, 1.54) is 13.3 Å². The number of carbonyl (C=O) groups excluding carboxylic acids is 1. The van der Waals surface area contributed by atoms with E-state index in [4.69, 9.17) is 16.3 Å². The zero-order valence-electron chi connectivity index (χ0n) is 6.58. The van der Waals surface area contributed by atoms with Gasteiger partial charge in [-0.2, -0.15) is 0 Å². The summed E-state index contributed by atoms with van der Waals surface area (Å²) in [5, 5.41) is 0.460. The van der Waals surface area contributed by atoms with Gasteiger partial charge in [-0.1, -0.05) is 11.6 Å². The molecule has 1 aromatic heterocycles. The van der Waals surface area contributed by atoms with Gasteiger partial charge < -0.3 is 9.53 Å². The standard InChI is InChI=1S/C8H8ClNO2/c1-12-6-4-7(9)8(2-3-11)10-5-6/h3-5H,2H2,1H3. The quantitative estimate of drug-likeness (QED) is 0.670. The molecular weight excluding hydrogens is 178 g/mol. The van der Waals surface area contributed by atoms with Gasteiger partial charge in [0.2, 0.25) is 0 Å². The Kier molecular flexibility index (Phi) is 3.05. The molecule has 0 aliphatic carbocycles. The van der Waals surface area contributed by atoms with Crippen molar-refractivity contribution in [1.82, 2.24) is 4.98 Å². The Hall–Kier alpha value is -1.09. The van der Waals surface area contributed by atoms with Crippen molar-refractivity contribution < 1.29 is 9.53 Å². The molecule has 3 nitrogen and oxygen atoms in total. The highest BCUT2D eigenvalue weighted by Crippen LogP contribution is 2.19. The van der Waals surface area contributed by atoms with Crippen LogP contribution in [0.2, 0.25) is 5.02 Å². The molecular formula is C8H8ClNO2. The zero-order chi connectivity index (χ0) is 8.97. The van der Waals surface area contributed by atoms with Crippen LogP contribution in [-0.2, 0) is 11.2 Å². The third-order valence-corrected chi connectivity index (χ3v) is 1.73. The van der Waals surface area contributed by atoms with Gasteiger partial charge in [0.1, 0.15) is 12.0 Å². The van der Waals surface area contributed by atoms with Crippen molar-refractivity contribution in [2.45, 2.75) is 6.42 Å². The minimum absolute atomic E-state index is 0.239. The molecule has 0 aliphatic rings. The molecule has 12 heavy (non-hydrogen) atoms. The van der Waals surface area contributed by atoms with Crippen molar-refractivity contribution >= 4 is 17.9 Å². The van der Waals surface area contributed by atoms with Gasteiger partial charge in [-0.3, -0.25) is 4.98 Å². The molecule has 0 radical (unpaired) electrons. The van der Waals surface area contributed by atoms with E-state index in [1.807, 2.05) is 0 Å². The van der Waals surface area contributed by atoms with Crippen LogP contribution in [-0.4, -0.2) is 18.4 Å². The largest absolute Gasteiger partial charge is 0.495 e. The van der Waals surface area contributed by atoms with Crippen LogP contribution < -0.4 is 4.74 Å². The van der Waals surface area contributed by atoms with Crippen molar-refractivity contribution in [3.63, 3.8) is 0 Å². The van der Waals surface area contributed by atoms with Gasteiger partial charge in [0.15, 0.2) is 0 Å². The van der Waals surface area contributed by atoms with Crippen LogP contribution >= 0.6 is 11.6 Å². The summed E-state index contributed by atoms with van der Waals surface area (Å²) in [6, 6.07) is 1.63. The van der Waals surface area contributed by atoms with Gasteiger partial charge in [0, 0.05) is 12.5 Å². The van der Waals surface area contributed by atoms with E-state index in [1.54, 1.807) is 6.07 Å². The second-order valence-electron chi connectivity index (χ2n) is 2.17. The van der Waals surface area contributed by atoms with E-state index >= 15 is 0 Å². The number of pyridine rings is 1. The zero-order valence-corrected chi connectivity index (χ0v) is 7.34. The third kappa shape index (κ3) is 1.95. The summed E-state index contributed by atoms with van der Waals surface area (Å²) in [5.74, 6) is 0.592. The van der Waals surface area contributed by atoms with Gasteiger partial charge in [0.25, 0.3) is 0 Å². The summed E-state index contributed by atoms with van der Waals surface area (Å²) in [4.78, 5) is 14.1. The molecule has 0 aliphatic heterocycles. The number of methoxy groups -OCH3 is 1. The Morgan fingerprint density at radius 2 is 2.50 bits per heavy atom. The number of aldehydes is 1. The first kappa shape index (κ1) is 9.00. The Morgan fingerprint density at radius 1 is 1.75 bits per heavy atom. The maximum Gasteiger partial charge on any atom is 0.138 e. The number of hydrogen-bond acceptors (Lipinski definition) is 3. The molecule has 0 atom stereocenters. The average molecular weight is 186 g/mol. The summed E-state index contributed by atoms with van der Waals surface area (Å²) < 4.78 is 4.89. The predicted molar refractivity (Wildman–Crippen MR) is 45.6 cm³/mol. The molecule has 0 N–H and O–H groups in total. The van der Waals surface area contributed by atoms with Gasteiger partial charge in [-0.15, -0.1) is 0 Å². The number of rotatable bonds is 3. The molecule has 64 valence electrons. The van der Waals surface area contributed by atoms with Crippen LogP contribution in [0.5, 0.6) is 5.75 Å². The van der Waals surface area contributed by atoms with E-state index < -0.39 is 0 Å². The first-order chi connectivity index (χ1) is 5.77. The van der Waals surface area contributed by atoms with Crippen molar-refractivity contribution in [3.8, 4) is 5.75 Å². The molecule has 0 unspecified atom stereocenters. The molecule has 1 rings (SSSR count). The Bertz CT molecular complexity index is 288. The maximum atomic E-state index is 10.2. The van der Waals surface area contributed by atoms with E-state index in [0.29, 0.717) is 16.5 Å². The molecule has 4 heteroatoms. The minimum atomic E-state index is 0.239. The number of nitrogens with zero attached hydrogens (tertiary/aromatic N) is 1. The number of carbonyl (C=O) groups is 1. The molecule has 1 heterocycles. The molecule has 0 saturated heterocycles. The average Bonchev–Trinajstić information content (AvgIpc) is 2.09. The molecule has 0 amide bonds. The molecule has 1 aromatic rings. The fraction of sp³-hybridized carbons (Fsp3) is 0.250. The number of aromatic nitrogens is 1. The van der Waals surface area contributed by atoms with E-state index in [2.05, 4.69) is 4.98 Å². The van der Waals surface area contributed by atoms with Crippen molar-refractivity contribution in [2.24, 2.45) is 0 Å². The lowest BCUT2D eigenvalue weighted by Crippen LogP contribution is -1.93. The SMILES string of the molecule is COc1cnc(CC=O)c(Cl)c1. The van der Waals surface area contributed by atoms with Crippen LogP contribution in [0, 0.1) is 0 Å². The van der Waals surface area contributed by atoms with Crippen LogP contribution in [0.25, 0.3) is 0 Å². The highest BCUT2D eigenvalue weighted by Gasteiger charge is 2.02. The van der Waals surface area contributed by atoms with Crippen molar-refractivity contribution in [1.29, 1.82) is 0 Å². The summed E-state index contributed by atoms with van der Waals surface area (Å²) >= 11 is 5.79. The molecule has 0 bridgehead atoms. The predicted octanol–water partition coefficient (Wildman–Crippen LogP) is 1.48. The fourth-order valence-electron chi connectivity index (χ4n) is 0.789. The second-order valence-corrected chi connectivity index (χ2v) is 2.58. The van der Waals surface area contributed by atoms with Crippen molar-refractivity contribution in [2.75, 3.05) is 7.11 Å². The van der Waals surface area contributed by atoms with Gasteiger partial charge in [0.05, 0.1) is 24.0 Å². The molecule has 0 aromatic carbocycles. The van der Waals surface area contributed by atoms with Crippen LogP contribution in [0.1, 0.15) is 5.69 Å². The Balaban J connectivity index is 2.94. The lowest BCUT2D eigenvalue weighted by molar-refractivity contribution is -0.107. The number of hydrogen-bond donors (Lipinski definition) is 0. The monoisotopic (exact) mass is 185 g/mol. The Labute approximate surface area is 75.3 Å². The first-order valence-corrected chi connectivity index (χ1v) is 3.77. The number of ether oxygens (including phenoxy) is 1. The minimum Gasteiger partial charge on any atom is -0.495 e. The van der Waals surface area contributed by atoms with Gasteiger partial charge in [-0.05, 0) is 0 Å². The normalized spacial score (nSPS) is 9.50. The maximum absolute atomic E-state index is 10.2. The van der Waals surface area contributed by atoms with Crippen LogP contribution in [0.3, 0.4) is 0 Å². The smallest absolute Gasteiger partial charge is 0.138 e. The highest BCUT2D eigenvalue weighted by molar-refractivity contribution is 6.31. The molecule has 0 fully saturated rings. The summed E-state index contributed by atoms with van der Waals surface area (Å²) in [6.07, 6.45) is 2.54. The molecule has 0 saturated carbocycles. The summed E-state index contributed by atoms with van der Waals surface area (Å²) in [7, 11) is 1.53. The topological polar surface area (TPSA) is 39.2 Å². The fourth-order valence-corrected chi connectivity index (χ4v) is 1.02. The first-order valence-electron chi connectivity index (χ1n) is 3.40. The molecule has 0 spiro atoms. The van der Waals surface area contributed by atoms with Gasteiger partial charge >= 0.3 is 0 Å². The summed E-state index contributed by atoms with van der Waals surface area (Å²) in [5.41, 5.74) is 0.576. The van der Waals surface area contributed by atoms with Crippen molar-refractivity contribution in [3.05, 3.63) is 23.0 Å². The third-order valence-electron chi connectivity index (χ3n) is 1.40. The summed E-state index contributed by atoms with van der Waals surface area (Å²) in [6.45, 7) is 0. The highest BCUT2D eigenvalue weighted by atomic mass is 35.5. The van der Waals surface area contributed by atoms with Crippen LogP contribution in [0.4, 0.5) is 0 Å². The van der Waals surface area contributed by atoms with Crippen LogP contribution in [0.15, 0.2) is 12.3 Å². The Morgan fingerprint density at radius 3 is 3.00 bits per heavy atom. The van der Waals surface area contributed by atoms with E-state index in [9.17, 15) is 4.79 Å². The second kappa shape index (κ2) is 4.07. The van der Waals surface area contributed by atoms with E-state index in [0.717, 1.165) is 6.29 Å². The lowest BCUT2D eigenvalue weighted by atomic mass is 10.3.